The Kier molecular flexibility index (Phi) is 4.61. The first kappa shape index (κ1) is 16.8. The fraction of sp³-hybridized carbons (Fsp3) is 0.190. The van der Waals surface area contributed by atoms with Crippen LogP contribution >= 0.6 is 0 Å². The van der Waals surface area contributed by atoms with Crippen LogP contribution in [-0.2, 0) is 9.53 Å². The fourth-order valence-corrected chi connectivity index (χ4v) is 2.65. The van der Waals surface area contributed by atoms with Crippen molar-refractivity contribution >= 4 is 17.8 Å². The molecule has 2 aromatic carbocycles. The van der Waals surface area contributed by atoms with E-state index < -0.39 is 0 Å². The summed E-state index contributed by atoms with van der Waals surface area (Å²) in [6.45, 7) is 4.09. The van der Waals surface area contributed by atoms with Gasteiger partial charge in [-0.2, -0.15) is 0 Å². The number of esters is 1. The third kappa shape index (κ3) is 3.43. The van der Waals surface area contributed by atoms with E-state index in [9.17, 15) is 4.79 Å². The Morgan fingerprint density at radius 2 is 1.76 bits per heavy atom. The molecule has 0 saturated carbocycles. The lowest BCUT2D eigenvalue weighted by Crippen LogP contribution is -1.98. The minimum atomic E-state index is -0.377. The normalized spacial score (nSPS) is 15.1. The van der Waals surface area contributed by atoms with Gasteiger partial charge in [0.1, 0.15) is 17.3 Å². The van der Waals surface area contributed by atoms with Crippen LogP contribution < -0.4 is 9.47 Å². The molecule has 0 atom stereocenters. The van der Waals surface area contributed by atoms with Crippen LogP contribution in [0.5, 0.6) is 11.5 Å². The van der Waals surface area contributed by atoms with Crippen LogP contribution in [0.25, 0.3) is 11.8 Å². The van der Waals surface area contributed by atoms with Gasteiger partial charge in [-0.1, -0.05) is 12.1 Å². The van der Waals surface area contributed by atoms with Crippen molar-refractivity contribution in [1.29, 1.82) is 0 Å². The van der Waals surface area contributed by atoms with Crippen LogP contribution in [0.1, 0.15) is 22.3 Å². The number of cyclic esters (lactones) is 1. The molecule has 0 radical (unpaired) electrons. The molecular weight excluding hydrogens is 316 g/mol. The van der Waals surface area contributed by atoms with E-state index in [-0.39, 0.29) is 5.97 Å². The van der Waals surface area contributed by atoms with Gasteiger partial charge < -0.3 is 14.2 Å². The van der Waals surface area contributed by atoms with Crippen LogP contribution in [-0.4, -0.2) is 20.2 Å². The second kappa shape index (κ2) is 6.85. The van der Waals surface area contributed by atoms with Gasteiger partial charge in [0.25, 0.3) is 0 Å². The highest BCUT2D eigenvalue weighted by molar-refractivity contribution is 6.05. The van der Waals surface area contributed by atoms with Gasteiger partial charge in [-0.25, -0.2) is 4.79 Å². The van der Waals surface area contributed by atoms with Gasteiger partial charge in [0.2, 0.25) is 0 Å². The number of rotatable bonds is 4. The molecule has 0 aliphatic carbocycles. The largest absolute Gasteiger partial charge is 0.497 e. The SMILES string of the molecule is COc1ccc(OC)c(/C=C2/C=C(c3ccc(C)c(C)c3)OC2=O)c1. The lowest BCUT2D eigenvalue weighted by molar-refractivity contribution is -0.130. The Morgan fingerprint density at radius 3 is 2.44 bits per heavy atom. The topological polar surface area (TPSA) is 44.8 Å². The average molecular weight is 336 g/mol. The number of hydrogen-bond donors (Lipinski definition) is 0. The number of methoxy groups -OCH3 is 2. The molecule has 0 unspecified atom stereocenters. The van der Waals surface area contributed by atoms with E-state index in [1.165, 1.54) is 5.56 Å². The summed E-state index contributed by atoms with van der Waals surface area (Å²) in [5, 5.41) is 0. The van der Waals surface area contributed by atoms with Crippen molar-refractivity contribution in [2.45, 2.75) is 13.8 Å². The molecule has 0 bridgehead atoms. The van der Waals surface area contributed by atoms with Gasteiger partial charge in [0.05, 0.1) is 19.8 Å². The van der Waals surface area contributed by atoms with Gasteiger partial charge in [-0.3, -0.25) is 0 Å². The number of ether oxygens (including phenoxy) is 3. The quantitative estimate of drug-likeness (QED) is 0.617. The summed E-state index contributed by atoms with van der Waals surface area (Å²) in [6, 6.07) is 11.4. The van der Waals surface area contributed by atoms with Crippen molar-refractivity contribution in [2.24, 2.45) is 0 Å². The third-order valence-corrected chi connectivity index (χ3v) is 4.26. The molecular formula is C21H20O4. The number of hydrogen-bond acceptors (Lipinski definition) is 4. The molecule has 128 valence electrons. The standard InChI is InChI=1S/C21H20O4/c1-13-5-6-15(9-14(13)2)20-12-17(21(22)25-20)10-16-11-18(23-3)7-8-19(16)24-4/h5-12H,1-4H3/b17-10-. The Labute approximate surface area is 147 Å². The Morgan fingerprint density at radius 1 is 0.960 bits per heavy atom. The van der Waals surface area contributed by atoms with Crippen molar-refractivity contribution in [3.63, 3.8) is 0 Å². The third-order valence-electron chi connectivity index (χ3n) is 4.26. The minimum absolute atomic E-state index is 0.377. The maximum absolute atomic E-state index is 12.3. The summed E-state index contributed by atoms with van der Waals surface area (Å²) in [4.78, 5) is 12.3. The molecule has 4 nitrogen and oxygen atoms in total. The van der Waals surface area contributed by atoms with Crippen LogP contribution in [0, 0.1) is 13.8 Å². The van der Waals surface area contributed by atoms with Crippen molar-refractivity contribution in [1.82, 2.24) is 0 Å². The number of carbonyl (C=O) groups is 1. The summed E-state index contributed by atoms with van der Waals surface area (Å²) < 4.78 is 16.0. The number of aryl methyl sites for hydroxylation is 2. The first-order chi connectivity index (χ1) is 12.0. The molecule has 0 saturated heterocycles. The molecule has 2 aromatic rings. The molecule has 0 N–H and O–H groups in total. The first-order valence-corrected chi connectivity index (χ1v) is 7.97. The van der Waals surface area contributed by atoms with Crippen LogP contribution in [0.2, 0.25) is 0 Å². The van der Waals surface area contributed by atoms with E-state index in [0.717, 1.165) is 16.7 Å². The van der Waals surface area contributed by atoms with Crippen molar-refractivity contribution in [3.8, 4) is 11.5 Å². The molecule has 1 aliphatic heterocycles. The predicted molar refractivity (Wildman–Crippen MR) is 97.5 cm³/mol. The van der Waals surface area contributed by atoms with E-state index >= 15 is 0 Å². The van der Waals surface area contributed by atoms with Crippen molar-refractivity contribution in [2.75, 3.05) is 14.2 Å². The highest BCUT2D eigenvalue weighted by atomic mass is 16.5. The lowest BCUT2D eigenvalue weighted by Gasteiger charge is -2.07. The van der Waals surface area contributed by atoms with Crippen LogP contribution in [0.15, 0.2) is 48.0 Å². The zero-order valence-electron chi connectivity index (χ0n) is 14.8. The van der Waals surface area contributed by atoms with Gasteiger partial charge in [-0.15, -0.1) is 0 Å². The van der Waals surface area contributed by atoms with Crippen molar-refractivity contribution < 1.29 is 19.0 Å². The average Bonchev–Trinajstić information content (AvgIpc) is 2.98. The number of benzene rings is 2. The Bertz CT molecular complexity index is 891. The zero-order chi connectivity index (χ0) is 18.0. The molecule has 4 heteroatoms. The summed E-state index contributed by atoms with van der Waals surface area (Å²) in [5.74, 6) is 1.53. The summed E-state index contributed by atoms with van der Waals surface area (Å²) in [6.07, 6.45) is 3.50. The second-order valence-corrected chi connectivity index (χ2v) is 5.90. The van der Waals surface area contributed by atoms with E-state index in [4.69, 9.17) is 14.2 Å². The minimum Gasteiger partial charge on any atom is -0.497 e. The zero-order valence-corrected chi connectivity index (χ0v) is 14.8. The monoisotopic (exact) mass is 336 g/mol. The van der Waals surface area contributed by atoms with Crippen molar-refractivity contribution in [3.05, 3.63) is 70.3 Å². The van der Waals surface area contributed by atoms with E-state index in [0.29, 0.717) is 22.8 Å². The lowest BCUT2D eigenvalue weighted by atomic mass is 10.0. The Hall–Kier alpha value is -3.01. The molecule has 0 spiro atoms. The molecule has 3 rings (SSSR count). The van der Waals surface area contributed by atoms with Gasteiger partial charge in [0.15, 0.2) is 0 Å². The fourth-order valence-electron chi connectivity index (χ4n) is 2.65. The Balaban J connectivity index is 2.00. The smallest absolute Gasteiger partial charge is 0.343 e. The van der Waals surface area contributed by atoms with Gasteiger partial charge in [0, 0.05) is 11.1 Å². The molecule has 0 fully saturated rings. The highest BCUT2D eigenvalue weighted by Crippen LogP contribution is 2.31. The van der Waals surface area contributed by atoms with Gasteiger partial charge >= 0.3 is 5.97 Å². The van der Waals surface area contributed by atoms with Crippen LogP contribution in [0.3, 0.4) is 0 Å². The summed E-state index contributed by atoms with van der Waals surface area (Å²) in [5.41, 5.74) is 4.47. The van der Waals surface area contributed by atoms with Crippen LogP contribution in [0.4, 0.5) is 0 Å². The van der Waals surface area contributed by atoms with E-state index in [2.05, 4.69) is 6.92 Å². The highest BCUT2D eigenvalue weighted by Gasteiger charge is 2.22. The van der Waals surface area contributed by atoms with E-state index in [1.807, 2.05) is 37.3 Å². The molecule has 1 heterocycles. The second-order valence-electron chi connectivity index (χ2n) is 5.90. The summed E-state index contributed by atoms with van der Waals surface area (Å²) in [7, 11) is 3.19. The molecule has 0 amide bonds. The molecule has 0 aromatic heterocycles. The summed E-state index contributed by atoms with van der Waals surface area (Å²) >= 11 is 0. The number of carbonyl (C=O) groups excluding carboxylic acids is 1. The van der Waals surface area contributed by atoms with E-state index in [1.54, 1.807) is 32.4 Å². The first-order valence-electron chi connectivity index (χ1n) is 7.97. The molecule has 1 aliphatic rings. The van der Waals surface area contributed by atoms with Gasteiger partial charge in [-0.05, 0) is 61.4 Å². The molecule has 25 heavy (non-hydrogen) atoms. The maximum Gasteiger partial charge on any atom is 0.343 e. The predicted octanol–water partition coefficient (Wildman–Crippen LogP) is 4.30. The maximum atomic E-state index is 12.3.